The first kappa shape index (κ1) is 16.4. The zero-order valence-electron chi connectivity index (χ0n) is 15.3. The fourth-order valence-corrected chi connectivity index (χ4v) is 6.82. The average Bonchev–Trinajstić information content (AvgIpc) is 2.92. The van der Waals surface area contributed by atoms with Crippen LogP contribution in [0.25, 0.3) is 0 Å². The summed E-state index contributed by atoms with van der Waals surface area (Å²) >= 11 is 0. The van der Waals surface area contributed by atoms with E-state index in [4.69, 9.17) is 0 Å². The van der Waals surface area contributed by atoms with Crippen molar-refractivity contribution < 1.29 is 10.3 Å². The second kappa shape index (κ2) is 5.45. The first-order chi connectivity index (χ1) is 11.4. The molecule has 4 rings (SSSR count). The summed E-state index contributed by atoms with van der Waals surface area (Å²) in [5.74, 6) is 2.15. The molecule has 6 atom stereocenters. The van der Waals surface area contributed by atoms with E-state index in [1.807, 2.05) is 6.92 Å². The minimum absolute atomic E-state index is 0.127. The molecule has 2 fully saturated rings. The predicted octanol–water partition coefficient (Wildman–Crippen LogP) is 4.70. The van der Waals surface area contributed by atoms with Crippen LogP contribution < -0.4 is 0 Å². The molecular weight excluding hydrogens is 298 g/mol. The number of nitrogens with zero attached hydrogens (tertiary/aromatic N) is 1. The Kier molecular flexibility index (Phi) is 3.72. The summed E-state index contributed by atoms with van der Waals surface area (Å²) < 4.78 is 0. The molecule has 0 saturated heterocycles. The number of allylic oxidation sites excluding steroid dienone is 3. The average molecular weight is 329 g/mol. The van der Waals surface area contributed by atoms with Crippen LogP contribution in [-0.4, -0.2) is 22.1 Å². The molecule has 4 aliphatic rings. The van der Waals surface area contributed by atoms with Crippen molar-refractivity contribution in [2.24, 2.45) is 33.7 Å². The van der Waals surface area contributed by atoms with Crippen LogP contribution in [0.1, 0.15) is 65.7 Å². The van der Waals surface area contributed by atoms with Crippen LogP contribution in [0.2, 0.25) is 0 Å². The molecule has 2 saturated carbocycles. The normalized spacial score (nSPS) is 48.1. The second-order valence-electron chi connectivity index (χ2n) is 9.15. The lowest BCUT2D eigenvalue weighted by Crippen LogP contribution is -2.50. The van der Waals surface area contributed by atoms with Gasteiger partial charge in [-0.2, -0.15) is 0 Å². The van der Waals surface area contributed by atoms with Crippen LogP contribution in [0.15, 0.2) is 28.5 Å². The first-order valence-corrected chi connectivity index (χ1v) is 9.67. The molecule has 132 valence electrons. The van der Waals surface area contributed by atoms with Gasteiger partial charge in [-0.15, -0.1) is 0 Å². The molecular formula is C21H31NO2. The molecule has 0 spiro atoms. The number of hydrogen-bond donors (Lipinski definition) is 2. The van der Waals surface area contributed by atoms with E-state index in [1.165, 1.54) is 30.4 Å². The van der Waals surface area contributed by atoms with Gasteiger partial charge in [0.05, 0.1) is 11.8 Å². The monoisotopic (exact) mass is 329 g/mol. The Hall–Kier alpha value is -1.09. The van der Waals surface area contributed by atoms with Crippen LogP contribution in [0, 0.1) is 28.6 Å². The van der Waals surface area contributed by atoms with E-state index in [1.54, 1.807) is 0 Å². The summed E-state index contributed by atoms with van der Waals surface area (Å²) in [6.07, 6.45) is 12.4. The van der Waals surface area contributed by atoms with E-state index in [-0.39, 0.29) is 11.5 Å². The molecule has 2 N–H and O–H groups in total. The number of hydrogen-bond acceptors (Lipinski definition) is 3. The predicted molar refractivity (Wildman–Crippen MR) is 96.1 cm³/mol. The highest BCUT2D eigenvalue weighted by molar-refractivity contribution is 5.99. The topological polar surface area (TPSA) is 52.8 Å². The third-order valence-electron chi connectivity index (χ3n) is 8.20. The molecule has 0 heterocycles. The highest BCUT2D eigenvalue weighted by atomic mass is 16.4. The van der Waals surface area contributed by atoms with E-state index < -0.39 is 0 Å². The van der Waals surface area contributed by atoms with E-state index >= 15 is 0 Å². The Balaban J connectivity index is 1.66. The highest BCUT2D eigenvalue weighted by Crippen LogP contribution is 2.65. The highest BCUT2D eigenvalue weighted by Gasteiger charge is 2.56. The van der Waals surface area contributed by atoms with Crippen molar-refractivity contribution in [3.63, 3.8) is 0 Å². The van der Waals surface area contributed by atoms with Gasteiger partial charge in [-0.25, -0.2) is 0 Å². The minimum Gasteiger partial charge on any atom is -0.411 e. The lowest BCUT2D eigenvalue weighted by molar-refractivity contribution is -0.0280. The molecule has 24 heavy (non-hydrogen) atoms. The van der Waals surface area contributed by atoms with Crippen LogP contribution in [0.4, 0.5) is 0 Å². The molecule has 3 nitrogen and oxygen atoms in total. The molecule has 0 aromatic rings. The summed E-state index contributed by atoms with van der Waals surface area (Å²) in [6.45, 7) is 6.80. The van der Waals surface area contributed by atoms with Gasteiger partial charge in [-0.1, -0.05) is 36.7 Å². The summed E-state index contributed by atoms with van der Waals surface area (Å²) in [5.41, 5.74) is 4.09. The van der Waals surface area contributed by atoms with Gasteiger partial charge in [-0.05, 0) is 86.0 Å². The molecule has 0 aliphatic heterocycles. The Labute approximate surface area is 145 Å². The van der Waals surface area contributed by atoms with Crippen molar-refractivity contribution in [3.8, 4) is 0 Å². The van der Waals surface area contributed by atoms with Gasteiger partial charge < -0.3 is 10.3 Å². The SMILES string of the molecule is CC(=NO)C1=CC[C@H]2[C@@H]3CC=C4CC(O)CC[C@]4(C)[C@H]3CC[C@]12C. The number of aliphatic hydroxyl groups excluding tert-OH is 1. The molecule has 0 amide bonds. The summed E-state index contributed by atoms with van der Waals surface area (Å²) in [5, 5.41) is 22.9. The molecule has 0 aromatic carbocycles. The fraction of sp³-hybridized carbons (Fsp3) is 0.762. The van der Waals surface area contributed by atoms with Crippen molar-refractivity contribution in [2.45, 2.75) is 71.8 Å². The van der Waals surface area contributed by atoms with Crippen molar-refractivity contribution in [3.05, 3.63) is 23.3 Å². The van der Waals surface area contributed by atoms with Crippen molar-refractivity contribution in [1.82, 2.24) is 0 Å². The Morgan fingerprint density at radius 1 is 1.08 bits per heavy atom. The van der Waals surface area contributed by atoms with Crippen LogP contribution in [0.5, 0.6) is 0 Å². The van der Waals surface area contributed by atoms with Crippen LogP contribution >= 0.6 is 0 Å². The first-order valence-electron chi connectivity index (χ1n) is 9.67. The molecule has 1 unspecified atom stereocenters. The molecule has 0 bridgehead atoms. The third-order valence-corrected chi connectivity index (χ3v) is 8.20. The number of oxime groups is 1. The van der Waals surface area contributed by atoms with E-state index in [0.29, 0.717) is 11.3 Å². The molecule has 0 aromatic heterocycles. The van der Waals surface area contributed by atoms with E-state index in [0.717, 1.165) is 43.2 Å². The number of aliphatic hydroxyl groups is 1. The molecule has 0 radical (unpaired) electrons. The lowest BCUT2D eigenvalue weighted by Gasteiger charge is -2.57. The fourth-order valence-electron chi connectivity index (χ4n) is 6.82. The van der Waals surface area contributed by atoms with Gasteiger partial charge in [0.15, 0.2) is 0 Å². The zero-order valence-corrected chi connectivity index (χ0v) is 15.3. The maximum atomic E-state index is 10.1. The van der Waals surface area contributed by atoms with Gasteiger partial charge in [0.25, 0.3) is 0 Å². The van der Waals surface area contributed by atoms with Crippen molar-refractivity contribution >= 4 is 5.71 Å². The van der Waals surface area contributed by atoms with E-state index in [2.05, 4.69) is 31.2 Å². The van der Waals surface area contributed by atoms with E-state index in [9.17, 15) is 10.3 Å². The lowest BCUT2D eigenvalue weighted by atomic mass is 9.47. The number of fused-ring (bicyclic) bond motifs is 5. The van der Waals surface area contributed by atoms with Gasteiger partial charge >= 0.3 is 0 Å². The van der Waals surface area contributed by atoms with Gasteiger partial charge in [0, 0.05) is 0 Å². The summed E-state index contributed by atoms with van der Waals surface area (Å²) in [7, 11) is 0. The van der Waals surface area contributed by atoms with Crippen LogP contribution in [0.3, 0.4) is 0 Å². The Morgan fingerprint density at radius 3 is 2.58 bits per heavy atom. The maximum absolute atomic E-state index is 10.1. The minimum atomic E-state index is -0.127. The summed E-state index contributed by atoms with van der Waals surface area (Å²) in [6, 6.07) is 0. The van der Waals surface area contributed by atoms with Crippen molar-refractivity contribution in [1.29, 1.82) is 0 Å². The smallest absolute Gasteiger partial charge is 0.0799 e. The van der Waals surface area contributed by atoms with Crippen molar-refractivity contribution in [2.75, 3.05) is 0 Å². The Morgan fingerprint density at radius 2 is 1.83 bits per heavy atom. The quantitative estimate of drug-likeness (QED) is 0.317. The Bertz CT molecular complexity index is 634. The zero-order chi connectivity index (χ0) is 17.1. The third kappa shape index (κ3) is 2.09. The van der Waals surface area contributed by atoms with Crippen LogP contribution in [-0.2, 0) is 0 Å². The largest absolute Gasteiger partial charge is 0.411 e. The van der Waals surface area contributed by atoms with Gasteiger partial charge in [-0.3, -0.25) is 0 Å². The summed E-state index contributed by atoms with van der Waals surface area (Å²) in [4.78, 5) is 0. The standard InChI is InChI=1S/C21H31NO2/c1-13(22-24)17-6-7-18-16-5-4-14-12-15(23)8-10-20(14,2)19(16)9-11-21(17,18)3/h4,6,15-16,18-19,23-24H,5,7-12H2,1-3H3/t15?,16-,18-,19-,20-,21+/m0/s1. The molecule has 4 aliphatic carbocycles. The number of rotatable bonds is 1. The van der Waals surface area contributed by atoms with Gasteiger partial charge in [0.1, 0.15) is 0 Å². The van der Waals surface area contributed by atoms with Gasteiger partial charge in [0.2, 0.25) is 0 Å². The second-order valence-corrected chi connectivity index (χ2v) is 9.15. The molecule has 3 heteroatoms. The maximum Gasteiger partial charge on any atom is 0.0799 e.